The van der Waals surface area contributed by atoms with Crippen molar-refractivity contribution in [2.45, 2.75) is 40.3 Å². The van der Waals surface area contributed by atoms with Crippen molar-refractivity contribution in [3.05, 3.63) is 17.0 Å². The molecule has 0 aliphatic rings. The van der Waals surface area contributed by atoms with Crippen molar-refractivity contribution in [3.8, 4) is 11.8 Å². The van der Waals surface area contributed by atoms with Gasteiger partial charge in [-0.1, -0.05) is 0 Å². The normalized spacial score (nSPS) is 10.2. The summed E-state index contributed by atoms with van der Waals surface area (Å²) in [7, 11) is 1.71. The van der Waals surface area contributed by atoms with E-state index in [9.17, 15) is 0 Å². The van der Waals surface area contributed by atoms with Gasteiger partial charge in [0, 0.05) is 37.9 Å². The van der Waals surface area contributed by atoms with Crippen LogP contribution >= 0.6 is 0 Å². The fourth-order valence-electron chi connectivity index (χ4n) is 1.88. The molecule has 0 spiro atoms. The number of nitrogens with zero attached hydrogens (tertiary/aromatic N) is 2. The molecule has 0 fully saturated rings. The Labute approximate surface area is 110 Å². The average Bonchev–Trinajstić information content (AvgIpc) is 2.62. The Morgan fingerprint density at radius 1 is 1.39 bits per heavy atom. The Hall–Kier alpha value is -1.31. The molecule has 0 saturated carbocycles. The predicted octanol–water partition coefficient (Wildman–Crippen LogP) is 1.65. The largest absolute Gasteiger partial charge is 0.383 e. The van der Waals surface area contributed by atoms with E-state index in [4.69, 9.17) is 4.74 Å². The maximum absolute atomic E-state index is 5.01. The lowest BCUT2D eigenvalue weighted by Crippen LogP contribution is -2.19. The van der Waals surface area contributed by atoms with Crippen LogP contribution in [0.2, 0.25) is 0 Å². The molecule has 1 aromatic heterocycles. The average molecular weight is 249 g/mol. The van der Waals surface area contributed by atoms with Crippen molar-refractivity contribution in [1.29, 1.82) is 0 Å². The highest BCUT2D eigenvalue weighted by molar-refractivity contribution is 5.24. The molecular formula is C14H23N3O. The fourth-order valence-corrected chi connectivity index (χ4v) is 1.88. The smallest absolute Gasteiger partial charge is 0.0641 e. The van der Waals surface area contributed by atoms with Gasteiger partial charge in [0.1, 0.15) is 0 Å². The summed E-state index contributed by atoms with van der Waals surface area (Å²) in [5.74, 6) is 5.98. The second kappa shape index (κ2) is 7.91. The number of ether oxygens (including phenoxy) is 1. The van der Waals surface area contributed by atoms with E-state index in [0.717, 1.165) is 38.4 Å². The molecule has 1 rings (SSSR count). The van der Waals surface area contributed by atoms with Crippen molar-refractivity contribution < 1.29 is 4.74 Å². The van der Waals surface area contributed by atoms with Gasteiger partial charge in [-0.2, -0.15) is 5.10 Å². The highest BCUT2D eigenvalue weighted by atomic mass is 16.5. The minimum Gasteiger partial charge on any atom is -0.383 e. The molecule has 0 aliphatic heterocycles. The van der Waals surface area contributed by atoms with Gasteiger partial charge < -0.3 is 10.1 Å². The fraction of sp³-hybridized carbons (Fsp3) is 0.643. The first kappa shape index (κ1) is 14.7. The van der Waals surface area contributed by atoms with Crippen molar-refractivity contribution in [1.82, 2.24) is 15.1 Å². The minimum absolute atomic E-state index is 0.734. The first-order valence-corrected chi connectivity index (χ1v) is 6.32. The third-order valence-corrected chi connectivity index (χ3v) is 2.94. The topological polar surface area (TPSA) is 39.1 Å². The summed E-state index contributed by atoms with van der Waals surface area (Å²) in [4.78, 5) is 0. The van der Waals surface area contributed by atoms with E-state index in [1.165, 1.54) is 11.3 Å². The van der Waals surface area contributed by atoms with Crippen LogP contribution in [-0.4, -0.2) is 30.0 Å². The van der Waals surface area contributed by atoms with E-state index >= 15 is 0 Å². The van der Waals surface area contributed by atoms with Crippen LogP contribution in [0.3, 0.4) is 0 Å². The van der Waals surface area contributed by atoms with E-state index in [-0.39, 0.29) is 0 Å². The Bertz CT molecular complexity index is 426. The van der Waals surface area contributed by atoms with Crippen LogP contribution in [0.15, 0.2) is 0 Å². The lowest BCUT2D eigenvalue weighted by atomic mass is 10.2. The van der Waals surface area contributed by atoms with E-state index in [2.05, 4.69) is 36.1 Å². The van der Waals surface area contributed by atoms with E-state index in [1.54, 1.807) is 7.11 Å². The quantitative estimate of drug-likeness (QED) is 0.590. The van der Waals surface area contributed by atoms with Crippen LogP contribution in [0.4, 0.5) is 0 Å². The number of rotatable bonds is 7. The molecule has 4 heteroatoms. The van der Waals surface area contributed by atoms with Crippen molar-refractivity contribution in [2.75, 3.05) is 20.3 Å². The first-order chi connectivity index (χ1) is 8.70. The molecule has 4 nitrogen and oxygen atoms in total. The zero-order chi connectivity index (χ0) is 13.4. The second-order valence-corrected chi connectivity index (χ2v) is 4.22. The Morgan fingerprint density at radius 3 is 2.83 bits per heavy atom. The zero-order valence-corrected chi connectivity index (χ0v) is 11.8. The summed E-state index contributed by atoms with van der Waals surface area (Å²) in [5, 5.41) is 7.92. The summed E-state index contributed by atoms with van der Waals surface area (Å²) in [5.41, 5.74) is 3.62. The second-order valence-electron chi connectivity index (χ2n) is 4.22. The van der Waals surface area contributed by atoms with Gasteiger partial charge in [0.15, 0.2) is 0 Å². The maximum Gasteiger partial charge on any atom is 0.0641 e. The van der Waals surface area contributed by atoms with Crippen molar-refractivity contribution in [2.24, 2.45) is 0 Å². The van der Waals surface area contributed by atoms with Gasteiger partial charge in [-0.3, -0.25) is 4.68 Å². The Morgan fingerprint density at radius 2 is 2.17 bits per heavy atom. The van der Waals surface area contributed by atoms with Crippen LogP contribution in [0.1, 0.15) is 30.3 Å². The van der Waals surface area contributed by atoms with Gasteiger partial charge >= 0.3 is 0 Å². The summed E-state index contributed by atoms with van der Waals surface area (Å²) < 4.78 is 7.06. The summed E-state index contributed by atoms with van der Waals surface area (Å²) in [6, 6.07) is 0. The summed E-state index contributed by atoms with van der Waals surface area (Å²) >= 11 is 0. The molecule has 0 bridgehead atoms. The Balaban J connectivity index is 2.58. The molecule has 1 heterocycles. The molecule has 0 amide bonds. The zero-order valence-electron chi connectivity index (χ0n) is 11.8. The van der Waals surface area contributed by atoms with E-state index < -0.39 is 0 Å². The van der Waals surface area contributed by atoms with Crippen molar-refractivity contribution >= 4 is 0 Å². The molecule has 0 aliphatic carbocycles. The molecule has 1 aromatic rings. The summed E-state index contributed by atoms with van der Waals surface area (Å²) in [6.45, 7) is 9.35. The highest BCUT2D eigenvalue weighted by Gasteiger charge is 2.10. The van der Waals surface area contributed by atoms with Gasteiger partial charge in [0.25, 0.3) is 0 Å². The van der Waals surface area contributed by atoms with Crippen LogP contribution in [-0.2, 0) is 17.8 Å². The SMILES string of the molecule is CC#CCCn1nc(C)c(CNCCOC)c1C. The van der Waals surface area contributed by atoms with Gasteiger partial charge in [-0.25, -0.2) is 0 Å². The third kappa shape index (κ3) is 4.17. The highest BCUT2D eigenvalue weighted by Crippen LogP contribution is 2.12. The van der Waals surface area contributed by atoms with Crippen LogP contribution in [0, 0.1) is 25.7 Å². The lowest BCUT2D eigenvalue weighted by molar-refractivity contribution is 0.199. The molecule has 100 valence electrons. The predicted molar refractivity (Wildman–Crippen MR) is 73.4 cm³/mol. The van der Waals surface area contributed by atoms with Gasteiger partial charge in [0.05, 0.1) is 18.8 Å². The molecule has 0 radical (unpaired) electrons. The standard InChI is InChI=1S/C14H23N3O/c1-5-6-7-9-17-13(3)14(12(2)16-17)11-15-8-10-18-4/h15H,7-11H2,1-4H3. The molecule has 0 atom stereocenters. The third-order valence-electron chi connectivity index (χ3n) is 2.94. The number of hydrogen-bond acceptors (Lipinski definition) is 3. The minimum atomic E-state index is 0.734. The van der Waals surface area contributed by atoms with E-state index in [0.29, 0.717) is 0 Å². The molecule has 18 heavy (non-hydrogen) atoms. The molecule has 0 aromatic carbocycles. The number of aromatic nitrogens is 2. The molecule has 1 N–H and O–H groups in total. The van der Waals surface area contributed by atoms with Gasteiger partial charge in [-0.15, -0.1) is 11.8 Å². The maximum atomic E-state index is 5.01. The number of hydrogen-bond donors (Lipinski definition) is 1. The lowest BCUT2D eigenvalue weighted by Gasteiger charge is -2.05. The van der Waals surface area contributed by atoms with Crippen LogP contribution in [0.25, 0.3) is 0 Å². The summed E-state index contributed by atoms with van der Waals surface area (Å²) in [6.07, 6.45) is 0.856. The van der Waals surface area contributed by atoms with Crippen LogP contribution < -0.4 is 5.32 Å². The van der Waals surface area contributed by atoms with Gasteiger partial charge in [-0.05, 0) is 20.8 Å². The Kier molecular flexibility index (Phi) is 6.48. The van der Waals surface area contributed by atoms with Crippen molar-refractivity contribution in [3.63, 3.8) is 0 Å². The first-order valence-electron chi connectivity index (χ1n) is 6.32. The monoisotopic (exact) mass is 249 g/mol. The molecule has 0 unspecified atom stereocenters. The molecule has 0 saturated heterocycles. The van der Waals surface area contributed by atoms with Gasteiger partial charge in [0.2, 0.25) is 0 Å². The number of nitrogens with one attached hydrogen (secondary N) is 1. The molecular weight excluding hydrogens is 226 g/mol. The number of methoxy groups -OCH3 is 1. The van der Waals surface area contributed by atoms with E-state index in [1.807, 2.05) is 11.6 Å². The van der Waals surface area contributed by atoms with Crippen LogP contribution in [0.5, 0.6) is 0 Å². The number of aryl methyl sites for hydroxylation is 2.